The van der Waals surface area contributed by atoms with Crippen molar-refractivity contribution in [1.29, 1.82) is 5.26 Å². The summed E-state index contributed by atoms with van der Waals surface area (Å²) in [6.45, 7) is 3.03. The number of aromatic nitrogens is 3. The van der Waals surface area contributed by atoms with Crippen molar-refractivity contribution in [2.45, 2.75) is 45.5 Å². The molecule has 1 atom stereocenters. The zero-order valence-electron chi connectivity index (χ0n) is 19.6. The molecule has 5 rings (SSSR count). The van der Waals surface area contributed by atoms with Crippen LogP contribution in [0, 0.1) is 11.3 Å². The summed E-state index contributed by atoms with van der Waals surface area (Å²) in [4.78, 5) is 27.1. The second-order valence-electron chi connectivity index (χ2n) is 8.89. The molecule has 36 heavy (non-hydrogen) atoms. The van der Waals surface area contributed by atoms with Crippen molar-refractivity contribution < 1.29 is 19.4 Å². The molecule has 1 saturated heterocycles. The van der Waals surface area contributed by atoms with Gasteiger partial charge in [0.15, 0.2) is 0 Å². The molecule has 1 N–H and O–H groups in total. The standard InChI is InChI=1S/C24H24Cl2N6O4/c1-14(33)29-7-8-30-18(13-29)20(15-11-28-32(12-15)19-4-2-3-9-36-19)21-17(31(6-5-27)24(34)35)10-16(25)22(26)23(21)30/h10-12,19H,2-4,6-9,13H2,1H3,(H,34,35). The minimum atomic E-state index is -1.29. The largest absolute Gasteiger partial charge is 0.465 e. The van der Waals surface area contributed by atoms with E-state index >= 15 is 0 Å². The zero-order valence-corrected chi connectivity index (χ0v) is 21.1. The molecule has 10 nitrogen and oxygen atoms in total. The van der Waals surface area contributed by atoms with Gasteiger partial charge >= 0.3 is 6.09 Å². The predicted octanol–water partition coefficient (Wildman–Crippen LogP) is 4.88. The summed E-state index contributed by atoms with van der Waals surface area (Å²) in [5, 5.41) is 24.8. The lowest BCUT2D eigenvalue weighted by molar-refractivity contribution is -0.130. The van der Waals surface area contributed by atoms with Crippen LogP contribution in [-0.4, -0.2) is 56.1 Å². The van der Waals surface area contributed by atoms with Crippen molar-refractivity contribution in [1.82, 2.24) is 19.2 Å². The van der Waals surface area contributed by atoms with Crippen molar-refractivity contribution in [3.63, 3.8) is 0 Å². The monoisotopic (exact) mass is 530 g/mol. The molecule has 0 radical (unpaired) electrons. The van der Waals surface area contributed by atoms with Gasteiger partial charge in [-0.2, -0.15) is 10.4 Å². The maximum absolute atomic E-state index is 12.3. The average Bonchev–Trinajstić information content (AvgIpc) is 3.48. The Morgan fingerprint density at radius 1 is 1.33 bits per heavy atom. The normalized spacial score (nSPS) is 17.6. The zero-order chi connectivity index (χ0) is 25.6. The first-order chi connectivity index (χ1) is 17.3. The SMILES string of the molecule is CC(=O)N1CCn2c(c(-c3cnn(C4CCCCO4)c3)c3c(N(CC#N)C(=O)O)cc(Cl)c(Cl)c32)C1. The van der Waals surface area contributed by atoms with Gasteiger partial charge in [0.2, 0.25) is 5.91 Å². The van der Waals surface area contributed by atoms with Crippen LogP contribution in [-0.2, 0) is 22.6 Å². The van der Waals surface area contributed by atoms with Crippen LogP contribution >= 0.6 is 23.2 Å². The lowest BCUT2D eigenvalue weighted by Crippen LogP contribution is -2.36. The van der Waals surface area contributed by atoms with Crippen LogP contribution in [0.15, 0.2) is 18.5 Å². The van der Waals surface area contributed by atoms with Crippen LogP contribution in [0.3, 0.4) is 0 Å². The van der Waals surface area contributed by atoms with E-state index in [1.54, 1.807) is 15.8 Å². The molecule has 1 unspecified atom stereocenters. The number of carboxylic acid groups (broad SMARTS) is 1. The van der Waals surface area contributed by atoms with Crippen LogP contribution in [0.2, 0.25) is 10.0 Å². The first-order valence-electron chi connectivity index (χ1n) is 11.6. The second kappa shape index (κ2) is 9.65. The molecule has 0 saturated carbocycles. The van der Waals surface area contributed by atoms with Gasteiger partial charge in [-0.25, -0.2) is 9.48 Å². The number of fused-ring (bicyclic) bond motifs is 3. The van der Waals surface area contributed by atoms with Crippen LogP contribution in [0.5, 0.6) is 0 Å². The number of amides is 2. The summed E-state index contributed by atoms with van der Waals surface area (Å²) in [5.74, 6) is -0.0650. The highest BCUT2D eigenvalue weighted by Gasteiger charge is 2.32. The minimum Gasteiger partial charge on any atom is -0.465 e. The second-order valence-corrected chi connectivity index (χ2v) is 9.67. The fourth-order valence-electron chi connectivity index (χ4n) is 5.08. The van der Waals surface area contributed by atoms with Gasteiger partial charge in [-0.05, 0) is 25.3 Å². The summed E-state index contributed by atoms with van der Waals surface area (Å²) < 4.78 is 9.65. The summed E-state index contributed by atoms with van der Waals surface area (Å²) in [6, 6.07) is 3.39. The third-order valence-electron chi connectivity index (χ3n) is 6.78. The lowest BCUT2D eigenvalue weighted by Gasteiger charge is -2.29. The topological polar surface area (TPSA) is 117 Å². The van der Waals surface area contributed by atoms with E-state index in [0.717, 1.165) is 35.4 Å². The van der Waals surface area contributed by atoms with Gasteiger partial charge in [-0.3, -0.25) is 9.69 Å². The highest BCUT2D eigenvalue weighted by atomic mass is 35.5. The first-order valence-corrected chi connectivity index (χ1v) is 12.4. The summed E-state index contributed by atoms with van der Waals surface area (Å²) in [7, 11) is 0. The molecule has 0 bridgehead atoms. The number of benzene rings is 1. The molecule has 3 aromatic rings. The van der Waals surface area contributed by atoms with Crippen molar-refractivity contribution in [3.05, 3.63) is 34.2 Å². The average molecular weight is 531 g/mol. The molecule has 2 aromatic heterocycles. The van der Waals surface area contributed by atoms with E-state index < -0.39 is 12.6 Å². The van der Waals surface area contributed by atoms with Gasteiger partial charge in [0, 0.05) is 55.0 Å². The number of nitrogens with zero attached hydrogens (tertiary/aromatic N) is 6. The quantitative estimate of drug-likeness (QED) is 0.480. The van der Waals surface area contributed by atoms with Crippen molar-refractivity contribution in [2.24, 2.45) is 0 Å². The highest BCUT2D eigenvalue weighted by molar-refractivity contribution is 6.46. The van der Waals surface area contributed by atoms with E-state index in [-0.39, 0.29) is 27.9 Å². The molecule has 2 amide bonds. The number of rotatable bonds is 4. The van der Waals surface area contributed by atoms with Crippen LogP contribution < -0.4 is 4.90 Å². The third-order valence-corrected chi connectivity index (χ3v) is 7.56. The number of nitriles is 1. The lowest BCUT2D eigenvalue weighted by atomic mass is 10.0. The number of hydrogen-bond donors (Lipinski definition) is 1. The fraction of sp³-hybridized carbons (Fsp3) is 0.417. The van der Waals surface area contributed by atoms with Gasteiger partial charge in [0.25, 0.3) is 0 Å². The van der Waals surface area contributed by atoms with Crippen molar-refractivity contribution >= 4 is 51.8 Å². The van der Waals surface area contributed by atoms with E-state index in [1.165, 1.54) is 13.0 Å². The molecule has 4 heterocycles. The Balaban J connectivity index is 1.80. The maximum atomic E-state index is 12.3. The highest BCUT2D eigenvalue weighted by Crippen LogP contribution is 2.47. The van der Waals surface area contributed by atoms with Crippen molar-refractivity contribution in [3.8, 4) is 17.2 Å². The number of anilines is 1. The number of hydrogen-bond acceptors (Lipinski definition) is 5. The Morgan fingerprint density at radius 3 is 2.81 bits per heavy atom. The van der Waals surface area contributed by atoms with Crippen LogP contribution in [0.4, 0.5) is 10.5 Å². The van der Waals surface area contributed by atoms with Gasteiger partial charge in [-0.15, -0.1) is 0 Å². The molecule has 188 valence electrons. The molecule has 0 spiro atoms. The molecule has 2 aliphatic rings. The molecular formula is C24H24Cl2N6O4. The van der Waals surface area contributed by atoms with E-state index in [4.69, 9.17) is 27.9 Å². The van der Waals surface area contributed by atoms with Gasteiger partial charge in [0.05, 0.1) is 40.1 Å². The minimum absolute atomic E-state index is 0.0650. The molecule has 0 aliphatic carbocycles. The van der Waals surface area contributed by atoms with E-state index in [1.807, 2.05) is 16.8 Å². The number of ether oxygens (including phenoxy) is 1. The number of halogens is 2. The number of carbonyl (C=O) groups excluding carboxylic acids is 1. The smallest absolute Gasteiger partial charge is 0.412 e. The first kappa shape index (κ1) is 24.4. The Kier molecular flexibility index (Phi) is 6.55. The molecule has 12 heteroatoms. The Morgan fingerprint density at radius 2 is 2.14 bits per heavy atom. The number of carbonyl (C=O) groups is 2. The predicted molar refractivity (Wildman–Crippen MR) is 134 cm³/mol. The van der Waals surface area contributed by atoms with Crippen LogP contribution in [0.25, 0.3) is 22.0 Å². The molecule has 1 fully saturated rings. The summed E-state index contributed by atoms with van der Waals surface area (Å²) >= 11 is 13.2. The van der Waals surface area contributed by atoms with E-state index in [2.05, 4.69) is 5.10 Å². The van der Waals surface area contributed by atoms with E-state index in [9.17, 15) is 20.0 Å². The molecule has 2 aliphatic heterocycles. The maximum Gasteiger partial charge on any atom is 0.412 e. The third kappa shape index (κ3) is 4.07. The van der Waals surface area contributed by atoms with Gasteiger partial charge in [-0.1, -0.05) is 23.2 Å². The summed E-state index contributed by atoms with van der Waals surface area (Å²) in [5.41, 5.74) is 3.05. The van der Waals surface area contributed by atoms with Crippen molar-refractivity contribution in [2.75, 3.05) is 24.6 Å². The Labute approximate surface area is 217 Å². The molecule has 1 aromatic carbocycles. The fourth-order valence-corrected chi connectivity index (χ4v) is 5.53. The summed E-state index contributed by atoms with van der Waals surface area (Å²) in [6.07, 6.45) is 5.01. The molecular weight excluding hydrogens is 507 g/mol. The van der Waals surface area contributed by atoms with E-state index in [0.29, 0.717) is 42.7 Å². The van der Waals surface area contributed by atoms with Crippen LogP contribution in [0.1, 0.15) is 38.1 Å². The van der Waals surface area contributed by atoms with Gasteiger partial charge < -0.3 is 19.3 Å². The van der Waals surface area contributed by atoms with Gasteiger partial charge in [0.1, 0.15) is 12.8 Å². The Bertz CT molecular complexity index is 1400. The Hall–Kier alpha value is -3.26.